The predicted molar refractivity (Wildman–Crippen MR) is 83.4 cm³/mol. The van der Waals surface area contributed by atoms with E-state index in [-0.39, 0.29) is 0 Å². The van der Waals surface area contributed by atoms with Gasteiger partial charge in [-0.2, -0.15) is 5.26 Å². The molecular weight excluding hydrogens is 324 g/mol. The van der Waals surface area contributed by atoms with Gasteiger partial charge in [0.25, 0.3) is 0 Å². The fraction of sp³-hybridized carbons (Fsp3) is 0.533. The molecule has 4 heteroatoms. The molecule has 2 nitrogen and oxygen atoms in total. The van der Waals surface area contributed by atoms with Crippen molar-refractivity contribution in [2.45, 2.75) is 50.5 Å². The van der Waals surface area contributed by atoms with Crippen LogP contribution in [0.25, 0.3) is 0 Å². The zero-order chi connectivity index (χ0) is 13.7. The number of nitrogens with one attached hydrogen (secondary N) is 1. The van der Waals surface area contributed by atoms with Crippen LogP contribution in [0.5, 0.6) is 0 Å². The zero-order valence-electron chi connectivity index (χ0n) is 10.9. The number of nitriles is 1. The molecule has 1 saturated carbocycles. The maximum absolute atomic E-state index is 9.59. The van der Waals surface area contributed by atoms with E-state index in [2.05, 4.69) is 27.3 Å². The Morgan fingerprint density at radius 2 is 1.79 bits per heavy atom. The minimum atomic E-state index is -0.423. The van der Waals surface area contributed by atoms with Crippen LogP contribution in [0.4, 0.5) is 5.69 Å². The summed E-state index contributed by atoms with van der Waals surface area (Å²) in [5, 5.41) is 13.7. The van der Waals surface area contributed by atoms with Gasteiger partial charge in [0.2, 0.25) is 0 Å². The number of halogens is 2. The number of rotatable bonds is 2. The van der Waals surface area contributed by atoms with Crippen LogP contribution in [0.3, 0.4) is 0 Å². The molecule has 0 aliphatic heterocycles. The summed E-state index contributed by atoms with van der Waals surface area (Å²) in [7, 11) is 0. The largest absolute Gasteiger partial charge is 0.367 e. The first kappa shape index (κ1) is 14.7. The van der Waals surface area contributed by atoms with E-state index in [0.29, 0.717) is 5.02 Å². The lowest BCUT2D eigenvalue weighted by Crippen LogP contribution is -2.37. The standard InChI is InChI=1S/C15H18BrClN2/c16-13-10-12(6-7-14(13)17)19-15(11-18)8-4-2-1-3-5-9-15/h6-7,10,19H,1-5,8-9H2. The molecule has 1 N–H and O–H groups in total. The van der Waals surface area contributed by atoms with Gasteiger partial charge < -0.3 is 5.32 Å². The van der Waals surface area contributed by atoms with E-state index in [0.717, 1.165) is 35.8 Å². The summed E-state index contributed by atoms with van der Waals surface area (Å²) in [5.74, 6) is 0. The van der Waals surface area contributed by atoms with E-state index in [1.165, 1.54) is 19.3 Å². The van der Waals surface area contributed by atoms with Crippen LogP contribution in [0.15, 0.2) is 22.7 Å². The van der Waals surface area contributed by atoms with Crippen LogP contribution in [0.2, 0.25) is 5.02 Å². The van der Waals surface area contributed by atoms with Gasteiger partial charge in [-0.3, -0.25) is 0 Å². The number of anilines is 1. The van der Waals surface area contributed by atoms with Crippen molar-refractivity contribution in [1.82, 2.24) is 0 Å². The highest BCUT2D eigenvalue weighted by atomic mass is 79.9. The fourth-order valence-electron chi connectivity index (χ4n) is 2.62. The molecule has 0 bridgehead atoms. The van der Waals surface area contributed by atoms with Gasteiger partial charge in [-0.25, -0.2) is 0 Å². The second-order valence-electron chi connectivity index (χ2n) is 5.22. The average Bonchev–Trinajstić information content (AvgIpc) is 2.37. The highest BCUT2D eigenvalue weighted by molar-refractivity contribution is 9.10. The zero-order valence-corrected chi connectivity index (χ0v) is 13.2. The van der Waals surface area contributed by atoms with Crippen LogP contribution in [-0.4, -0.2) is 5.54 Å². The van der Waals surface area contributed by atoms with E-state index in [1.807, 2.05) is 18.2 Å². The Bertz CT molecular complexity index is 474. The molecule has 0 radical (unpaired) electrons. The van der Waals surface area contributed by atoms with Gasteiger partial charge in [-0.05, 0) is 47.0 Å². The Balaban J connectivity index is 2.16. The van der Waals surface area contributed by atoms with Crippen LogP contribution < -0.4 is 5.32 Å². The van der Waals surface area contributed by atoms with Crippen molar-refractivity contribution < 1.29 is 0 Å². The summed E-state index contributed by atoms with van der Waals surface area (Å²) in [6, 6.07) is 8.24. The molecule has 102 valence electrons. The number of hydrogen-bond donors (Lipinski definition) is 1. The van der Waals surface area contributed by atoms with Crippen molar-refractivity contribution in [2.75, 3.05) is 5.32 Å². The second kappa shape index (κ2) is 6.63. The molecule has 1 aliphatic carbocycles. The summed E-state index contributed by atoms with van der Waals surface area (Å²) in [6.07, 6.45) is 7.84. The molecule has 0 atom stereocenters. The van der Waals surface area contributed by atoms with Gasteiger partial charge in [0.1, 0.15) is 5.54 Å². The minimum absolute atomic E-state index is 0.423. The Labute approximate surface area is 128 Å². The Morgan fingerprint density at radius 3 is 2.37 bits per heavy atom. The molecule has 2 rings (SSSR count). The third kappa shape index (κ3) is 3.87. The maximum atomic E-state index is 9.59. The predicted octanol–water partition coefficient (Wildman–Crippen LogP) is 5.52. The second-order valence-corrected chi connectivity index (χ2v) is 6.48. The first-order valence-electron chi connectivity index (χ1n) is 6.80. The van der Waals surface area contributed by atoms with Crippen molar-refractivity contribution in [3.8, 4) is 6.07 Å². The highest BCUT2D eigenvalue weighted by Gasteiger charge is 2.30. The van der Waals surface area contributed by atoms with Gasteiger partial charge in [-0.1, -0.05) is 43.7 Å². The number of benzene rings is 1. The molecule has 0 amide bonds. The molecule has 1 aromatic rings. The quantitative estimate of drug-likeness (QED) is 0.768. The van der Waals surface area contributed by atoms with Crippen molar-refractivity contribution in [1.29, 1.82) is 5.26 Å². The average molecular weight is 342 g/mol. The van der Waals surface area contributed by atoms with Gasteiger partial charge in [0.05, 0.1) is 11.1 Å². The molecular formula is C15H18BrClN2. The maximum Gasteiger partial charge on any atom is 0.125 e. The van der Waals surface area contributed by atoms with Crippen LogP contribution in [0, 0.1) is 11.3 Å². The van der Waals surface area contributed by atoms with E-state index in [9.17, 15) is 5.26 Å². The van der Waals surface area contributed by atoms with Crippen molar-refractivity contribution in [3.63, 3.8) is 0 Å². The topological polar surface area (TPSA) is 35.8 Å². The van der Waals surface area contributed by atoms with Gasteiger partial charge in [0.15, 0.2) is 0 Å². The monoisotopic (exact) mass is 340 g/mol. The first-order valence-corrected chi connectivity index (χ1v) is 7.97. The third-order valence-corrected chi connectivity index (χ3v) is 4.94. The van der Waals surface area contributed by atoms with E-state index in [4.69, 9.17) is 11.6 Å². The molecule has 19 heavy (non-hydrogen) atoms. The smallest absolute Gasteiger partial charge is 0.125 e. The third-order valence-electron chi connectivity index (χ3n) is 3.72. The van der Waals surface area contributed by atoms with Crippen molar-refractivity contribution in [2.24, 2.45) is 0 Å². The van der Waals surface area contributed by atoms with Gasteiger partial charge in [-0.15, -0.1) is 0 Å². The molecule has 1 aliphatic rings. The SMILES string of the molecule is N#CC1(Nc2ccc(Cl)c(Br)c2)CCCCCCC1. The summed E-state index contributed by atoms with van der Waals surface area (Å²) in [5.41, 5.74) is 0.534. The Kier molecular flexibility index (Phi) is 5.13. The lowest BCUT2D eigenvalue weighted by molar-refractivity contribution is 0.410. The number of hydrogen-bond acceptors (Lipinski definition) is 2. The minimum Gasteiger partial charge on any atom is -0.367 e. The molecule has 1 fully saturated rings. The molecule has 1 aromatic carbocycles. The highest BCUT2D eigenvalue weighted by Crippen LogP contribution is 2.32. The van der Waals surface area contributed by atoms with Crippen molar-refractivity contribution in [3.05, 3.63) is 27.7 Å². The lowest BCUT2D eigenvalue weighted by Gasteiger charge is -2.31. The van der Waals surface area contributed by atoms with E-state index in [1.54, 1.807) is 0 Å². The molecule has 0 saturated heterocycles. The Morgan fingerprint density at radius 1 is 1.16 bits per heavy atom. The first-order chi connectivity index (χ1) is 9.15. The lowest BCUT2D eigenvalue weighted by atomic mass is 9.85. The van der Waals surface area contributed by atoms with Crippen molar-refractivity contribution >= 4 is 33.2 Å². The normalized spacial score (nSPS) is 19.0. The summed E-state index contributed by atoms with van der Waals surface area (Å²) >= 11 is 9.42. The summed E-state index contributed by atoms with van der Waals surface area (Å²) in [4.78, 5) is 0. The van der Waals surface area contributed by atoms with Crippen LogP contribution in [0.1, 0.15) is 44.9 Å². The molecule has 0 unspecified atom stereocenters. The molecule has 0 aromatic heterocycles. The number of nitrogens with zero attached hydrogens (tertiary/aromatic N) is 1. The van der Waals surface area contributed by atoms with Gasteiger partial charge >= 0.3 is 0 Å². The van der Waals surface area contributed by atoms with Crippen LogP contribution >= 0.6 is 27.5 Å². The van der Waals surface area contributed by atoms with E-state index < -0.39 is 5.54 Å². The fourth-order valence-corrected chi connectivity index (χ4v) is 3.12. The summed E-state index contributed by atoms with van der Waals surface area (Å²) in [6.45, 7) is 0. The Hall–Kier alpha value is -0.720. The summed E-state index contributed by atoms with van der Waals surface area (Å²) < 4.78 is 0.859. The van der Waals surface area contributed by atoms with E-state index >= 15 is 0 Å². The molecule has 0 spiro atoms. The molecule has 0 heterocycles. The van der Waals surface area contributed by atoms with Gasteiger partial charge in [0, 0.05) is 10.2 Å². The van der Waals surface area contributed by atoms with Crippen LogP contribution in [-0.2, 0) is 0 Å².